The van der Waals surface area contributed by atoms with Gasteiger partial charge in [0.2, 0.25) is 0 Å². The number of aryl methyl sites for hydroxylation is 1. The quantitative estimate of drug-likeness (QED) is 0.499. The highest BCUT2D eigenvalue weighted by Crippen LogP contribution is 2.29. The number of para-hydroxylation sites is 1. The molecule has 1 aromatic heterocycles. The monoisotopic (exact) mass is 381 g/mol. The van der Waals surface area contributed by atoms with Crippen molar-refractivity contribution in [3.63, 3.8) is 0 Å². The van der Waals surface area contributed by atoms with E-state index in [1.165, 1.54) is 11.3 Å². The summed E-state index contributed by atoms with van der Waals surface area (Å²) in [7, 11) is 0. The molecule has 0 fully saturated rings. The summed E-state index contributed by atoms with van der Waals surface area (Å²) < 4.78 is 5.96. The molecule has 2 aromatic carbocycles. The van der Waals surface area contributed by atoms with Crippen LogP contribution in [0.2, 0.25) is 0 Å². The smallest absolute Gasteiger partial charge is 0.345 e. The maximum absolute atomic E-state index is 10.9. The first-order chi connectivity index (χ1) is 13.2. The lowest BCUT2D eigenvalue weighted by Crippen LogP contribution is -2.22. The summed E-state index contributed by atoms with van der Waals surface area (Å²) in [6.45, 7) is 2.25. The maximum Gasteiger partial charge on any atom is 0.345 e. The molecular weight excluding hydrogens is 358 g/mol. The lowest BCUT2D eigenvalue weighted by Gasteiger charge is -2.12. The molecule has 0 amide bonds. The van der Waals surface area contributed by atoms with Crippen molar-refractivity contribution in [3.05, 3.63) is 76.5 Å². The summed E-state index contributed by atoms with van der Waals surface area (Å²) in [5.74, 6) is 0.0441. The van der Waals surface area contributed by atoms with Gasteiger partial charge in [-0.1, -0.05) is 48.5 Å². The van der Waals surface area contributed by atoms with Crippen molar-refractivity contribution in [3.8, 4) is 16.9 Å². The van der Waals surface area contributed by atoms with Gasteiger partial charge in [-0.3, -0.25) is 0 Å². The van der Waals surface area contributed by atoms with E-state index in [9.17, 15) is 4.79 Å². The standard InChI is InChI=1S/C22H23NO3S/c24-22(25)21-13-12-18(27-21)9-6-14-23-15-16-26-20-11-5-4-10-19(20)17-7-2-1-3-8-17/h1-5,7-8,10-13,23H,6,9,14-16H2,(H,24,25). The highest BCUT2D eigenvalue weighted by molar-refractivity contribution is 7.13. The van der Waals surface area contributed by atoms with Crippen LogP contribution in [0, 0.1) is 0 Å². The Balaban J connectivity index is 1.38. The summed E-state index contributed by atoms with van der Waals surface area (Å²) in [6.07, 6.45) is 1.86. The fourth-order valence-corrected chi connectivity index (χ4v) is 3.71. The highest BCUT2D eigenvalue weighted by Gasteiger charge is 2.07. The zero-order valence-electron chi connectivity index (χ0n) is 15.1. The van der Waals surface area contributed by atoms with E-state index in [0.29, 0.717) is 11.5 Å². The number of benzene rings is 2. The molecule has 140 valence electrons. The Morgan fingerprint density at radius 2 is 1.74 bits per heavy atom. The number of hydrogen-bond donors (Lipinski definition) is 2. The number of rotatable bonds is 10. The van der Waals surface area contributed by atoms with Crippen molar-refractivity contribution >= 4 is 17.3 Å². The maximum atomic E-state index is 10.9. The van der Waals surface area contributed by atoms with Crippen LogP contribution in [0.25, 0.3) is 11.1 Å². The fraction of sp³-hybridized carbons (Fsp3) is 0.227. The minimum absolute atomic E-state index is 0.406. The number of ether oxygens (including phenoxy) is 1. The zero-order valence-corrected chi connectivity index (χ0v) is 15.9. The van der Waals surface area contributed by atoms with Gasteiger partial charge in [0.25, 0.3) is 0 Å². The van der Waals surface area contributed by atoms with Gasteiger partial charge >= 0.3 is 5.97 Å². The number of nitrogens with one attached hydrogen (secondary N) is 1. The van der Waals surface area contributed by atoms with Crippen molar-refractivity contribution < 1.29 is 14.6 Å². The van der Waals surface area contributed by atoms with Crippen LogP contribution >= 0.6 is 11.3 Å². The van der Waals surface area contributed by atoms with Gasteiger partial charge in [0, 0.05) is 17.0 Å². The summed E-state index contributed by atoms with van der Waals surface area (Å²) >= 11 is 1.35. The van der Waals surface area contributed by atoms with Crippen LogP contribution in [0.4, 0.5) is 0 Å². The zero-order chi connectivity index (χ0) is 18.9. The number of carboxylic acid groups (broad SMARTS) is 1. The first-order valence-corrected chi connectivity index (χ1v) is 9.85. The van der Waals surface area contributed by atoms with E-state index in [4.69, 9.17) is 9.84 Å². The fourth-order valence-electron chi connectivity index (χ4n) is 2.82. The molecule has 0 unspecified atom stereocenters. The molecule has 0 saturated heterocycles. The van der Waals surface area contributed by atoms with E-state index in [2.05, 4.69) is 23.5 Å². The molecule has 0 aliphatic rings. The molecule has 4 nitrogen and oxygen atoms in total. The van der Waals surface area contributed by atoms with Crippen molar-refractivity contribution in [1.29, 1.82) is 0 Å². The van der Waals surface area contributed by atoms with Gasteiger partial charge in [0.15, 0.2) is 0 Å². The van der Waals surface area contributed by atoms with Crippen LogP contribution in [0.15, 0.2) is 66.7 Å². The van der Waals surface area contributed by atoms with Gasteiger partial charge in [-0.2, -0.15) is 0 Å². The molecule has 0 saturated carbocycles. The van der Waals surface area contributed by atoms with E-state index >= 15 is 0 Å². The normalized spacial score (nSPS) is 10.7. The summed E-state index contributed by atoms with van der Waals surface area (Å²) in [4.78, 5) is 12.4. The summed E-state index contributed by atoms with van der Waals surface area (Å²) in [6, 6.07) is 21.9. The number of hydrogen-bond acceptors (Lipinski definition) is 4. The van der Waals surface area contributed by atoms with E-state index in [1.807, 2.05) is 42.5 Å². The molecule has 0 bridgehead atoms. The van der Waals surface area contributed by atoms with Gasteiger partial charge in [0.1, 0.15) is 17.2 Å². The molecule has 3 rings (SSSR count). The van der Waals surface area contributed by atoms with Crippen LogP contribution in [-0.4, -0.2) is 30.8 Å². The van der Waals surface area contributed by atoms with E-state index in [-0.39, 0.29) is 0 Å². The van der Waals surface area contributed by atoms with Crippen molar-refractivity contribution in [2.24, 2.45) is 0 Å². The molecule has 5 heteroatoms. The third kappa shape index (κ3) is 5.67. The van der Waals surface area contributed by atoms with Crippen molar-refractivity contribution in [2.45, 2.75) is 12.8 Å². The third-order valence-electron chi connectivity index (χ3n) is 4.16. The molecule has 1 heterocycles. The Morgan fingerprint density at radius 1 is 0.963 bits per heavy atom. The third-order valence-corrected chi connectivity index (χ3v) is 5.29. The number of carbonyl (C=O) groups is 1. The molecule has 0 radical (unpaired) electrons. The molecule has 0 atom stereocenters. The molecular formula is C22H23NO3S. The molecule has 3 aromatic rings. The Morgan fingerprint density at radius 3 is 2.52 bits per heavy atom. The van der Waals surface area contributed by atoms with Crippen LogP contribution in [0.3, 0.4) is 0 Å². The minimum Gasteiger partial charge on any atom is -0.492 e. The topological polar surface area (TPSA) is 58.6 Å². The molecule has 0 aliphatic carbocycles. The van der Waals surface area contributed by atoms with Crippen molar-refractivity contribution in [2.75, 3.05) is 19.7 Å². The Hall–Kier alpha value is -2.63. The largest absolute Gasteiger partial charge is 0.492 e. The average Bonchev–Trinajstić information content (AvgIpc) is 3.17. The molecule has 0 spiro atoms. The molecule has 2 N–H and O–H groups in total. The average molecular weight is 381 g/mol. The van der Waals surface area contributed by atoms with Gasteiger partial charge in [-0.05, 0) is 43.1 Å². The van der Waals surface area contributed by atoms with Crippen molar-refractivity contribution in [1.82, 2.24) is 5.32 Å². The second-order valence-electron chi connectivity index (χ2n) is 6.14. The van der Waals surface area contributed by atoms with Crippen LogP contribution in [-0.2, 0) is 6.42 Å². The predicted octanol–water partition coefficient (Wildman–Crippen LogP) is 4.71. The van der Waals surface area contributed by atoms with Crippen LogP contribution < -0.4 is 10.1 Å². The Bertz CT molecular complexity index is 861. The summed E-state index contributed by atoms with van der Waals surface area (Å²) in [5, 5.41) is 12.3. The Labute approximate surface area is 163 Å². The minimum atomic E-state index is -0.850. The number of aromatic carboxylic acids is 1. The second-order valence-corrected chi connectivity index (χ2v) is 7.30. The van der Waals surface area contributed by atoms with Gasteiger partial charge in [-0.25, -0.2) is 4.79 Å². The van der Waals surface area contributed by atoms with E-state index < -0.39 is 5.97 Å². The molecule has 27 heavy (non-hydrogen) atoms. The second kappa shape index (κ2) is 9.90. The van der Waals surface area contributed by atoms with Gasteiger partial charge in [0.05, 0.1) is 0 Å². The highest BCUT2D eigenvalue weighted by atomic mass is 32.1. The summed E-state index contributed by atoms with van der Waals surface area (Å²) in [5.41, 5.74) is 2.25. The number of thiophene rings is 1. The lowest BCUT2D eigenvalue weighted by molar-refractivity contribution is 0.0702. The van der Waals surface area contributed by atoms with Gasteiger partial charge in [-0.15, -0.1) is 11.3 Å². The van der Waals surface area contributed by atoms with Crippen LogP contribution in [0.5, 0.6) is 5.75 Å². The van der Waals surface area contributed by atoms with E-state index in [1.54, 1.807) is 6.07 Å². The lowest BCUT2D eigenvalue weighted by atomic mass is 10.1. The molecule has 0 aliphatic heterocycles. The van der Waals surface area contributed by atoms with Crippen LogP contribution in [0.1, 0.15) is 21.0 Å². The predicted molar refractivity (Wildman–Crippen MR) is 110 cm³/mol. The first kappa shape index (κ1) is 19.1. The SMILES string of the molecule is O=C(O)c1ccc(CCCNCCOc2ccccc2-c2ccccc2)s1. The van der Waals surface area contributed by atoms with Gasteiger partial charge < -0.3 is 15.2 Å². The Kier molecular flexibility index (Phi) is 7.02. The van der Waals surface area contributed by atoms with E-state index in [0.717, 1.165) is 47.7 Å². The number of carboxylic acids is 1. The first-order valence-electron chi connectivity index (χ1n) is 9.04.